The third-order valence-corrected chi connectivity index (χ3v) is 5.11. The number of benzene rings is 1. The van der Waals surface area contributed by atoms with Gasteiger partial charge in [0.25, 0.3) is 0 Å². The van der Waals surface area contributed by atoms with E-state index < -0.39 is 24.4 Å². The van der Waals surface area contributed by atoms with Crippen LogP contribution in [0.1, 0.15) is 32.1 Å². The van der Waals surface area contributed by atoms with Gasteiger partial charge in [0.05, 0.1) is 12.5 Å². The number of hydrogen-bond donors (Lipinski definition) is 4. The molecule has 1 saturated carbocycles. The maximum Gasteiger partial charge on any atom is 0.227 e. The van der Waals surface area contributed by atoms with Crippen LogP contribution < -0.4 is 10.6 Å². The summed E-state index contributed by atoms with van der Waals surface area (Å²) in [6.07, 6.45) is 0.0384. The summed E-state index contributed by atoms with van der Waals surface area (Å²) in [5.74, 6) is -0.299. The third kappa shape index (κ3) is 4.60. The first-order chi connectivity index (χ1) is 12.5. The molecule has 1 saturated heterocycles. The Hall–Kier alpha value is -1.96. The highest BCUT2D eigenvalue weighted by Gasteiger charge is 2.43. The number of carbonyl (C=O) groups is 2. The lowest BCUT2D eigenvalue weighted by atomic mass is 10.0. The molecule has 26 heavy (non-hydrogen) atoms. The Morgan fingerprint density at radius 3 is 2.38 bits per heavy atom. The van der Waals surface area contributed by atoms with Gasteiger partial charge in [-0.15, -0.1) is 0 Å². The van der Waals surface area contributed by atoms with Crippen LogP contribution in [0.2, 0.25) is 0 Å². The van der Waals surface area contributed by atoms with Gasteiger partial charge in [0, 0.05) is 18.2 Å². The van der Waals surface area contributed by atoms with E-state index in [2.05, 4.69) is 10.6 Å². The summed E-state index contributed by atoms with van der Waals surface area (Å²) in [5.41, 5.74) is 0.658. The van der Waals surface area contributed by atoms with E-state index in [4.69, 9.17) is 4.74 Å². The number of aliphatic hydroxyl groups excluding tert-OH is 2. The zero-order valence-electron chi connectivity index (χ0n) is 14.6. The minimum absolute atomic E-state index is 0.0296. The summed E-state index contributed by atoms with van der Waals surface area (Å²) in [4.78, 5) is 24.2. The molecule has 1 aromatic carbocycles. The largest absolute Gasteiger partial charge is 0.388 e. The van der Waals surface area contributed by atoms with Gasteiger partial charge < -0.3 is 25.6 Å². The molecule has 2 aliphatic rings. The number of para-hydroxylation sites is 1. The molecule has 1 aromatic rings. The molecule has 4 N–H and O–H groups in total. The van der Waals surface area contributed by atoms with Crippen LogP contribution in [0.3, 0.4) is 0 Å². The molecule has 4 atom stereocenters. The lowest BCUT2D eigenvalue weighted by molar-refractivity contribution is -0.126. The molecule has 1 aliphatic heterocycles. The fourth-order valence-electron chi connectivity index (χ4n) is 3.61. The fourth-order valence-corrected chi connectivity index (χ4v) is 3.61. The SMILES string of the molecule is O=C(CC1OC(CNC(=O)C2CCCC2)C(O)C1O)Nc1ccccc1. The molecule has 2 fully saturated rings. The number of carbonyl (C=O) groups excluding carboxylic acids is 2. The van der Waals surface area contributed by atoms with Crippen LogP contribution in [0.5, 0.6) is 0 Å². The predicted molar refractivity (Wildman–Crippen MR) is 95.3 cm³/mol. The monoisotopic (exact) mass is 362 g/mol. The number of anilines is 1. The van der Waals surface area contributed by atoms with E-state index in [1.807, 2.05) is 18.2 Å². The van der Waals surface area contributed by atoms with Crippen LogP contribution in [-0.4, -0.2) is 53.0 Å². The topological polar surface area (TPSA) is 108 Å². The summed E-state index contributed by atoms with van der Waals surface area (Å²) >= 11 is 0. The van der Waals surface area contributed by atoms with E-state index in [-0.39, 0.29) is 30.7 Å². The minimum Gasteiger partial charge on any atom is -0.388 e. The van der Waals surface area contributed by atoms with Gasteiger partial charge in [-0.25, -0.2) is 0 Å². The van der Waals surface area contributed by atoms with E-state index in [0.29, 0.717) is 5.69 Å². The van der Waals surface area contributed by atoms with Gasteiger partial charge in [0.2, 0.25) is 11.8 Å². The van der Waals surface area contributed by atoms with Crippen molar-refractivity contribution in [2.75, 3.05) is 11.9 Å². The molecule has 142 valence electrons. The summed E-state index contributed by atoms with van der Waals surface area (Å²) in [7, 11) is 0. The van der Waals surface area contributed by atoms with E-state index in [0.717, 1.165) is 25.7 Å². The van der Waals surface area contributed by atoms with Crippen molar-refractivity contribution in [1.82, 2.24) is 5.32 Å². The summed E-state index contributed by atoms with van der Waals surface area (Å²) in [5, 5.41) is 25.8. The molecule has 2 amide bonds. The minimum atomic E-state index is -1.16. The maximum atomic E-state index is 12.1. The standard InChI is InChI=1S/C19H26N2O5/c22-16(21-13-8-2-1-3-9-13)10-14-17(23)18(24)15(26-14)11-20-19(25)12-6-4-5-7-12/h1-3,8-9,12,14-15,17-18,23-24H,4-7,10-11H2,(H,20,25)(H,21,22). The van der Waals surface area contributed by atoms with Crippen molar-refractivity contribution in [2.24, 2.45) is 5.92 Å². The number of nitrogens with one attached hydrogen (secondary N) is 2. The van der Waals surface area contributed by atoms with Gasteiger partial charge in [-0.2, -0.15) is 0 Å². The highest BCUT2D eigenvalue weighted by molar-refractivity contribution is 5.91. The van der Waals surface area contributed by atoms with Gasteiger partial charge in [0.1, 0.15) is 18.3 Å². The van der Waals surface area contributed by atoms with Crippen LogP contribution in [0.15, 0.2) is 30.3 Å². The third-order valence-electron chi connectivity index (χ3n) is 5.11. The Balaban J connectivity index is 1.47. The van der Waals surface area contributed by atoms with Gasteiger partial charge in [-0.1, -0.05) is 31.0 Å². The summed E-state index contributed by atoms with van der Waals surface area (Å²) in [6, 6.07) is 8.99. The lowest BCUT2D eigenvalue weighted by Gasteiger charge is -2.17. The van der Waals surface area contributed by atoms with E-state index in [1.165, 1.54) is 0 Å². The Morgan fingerprint density at radius 2 is 1.69 bits per heavy atom. The van der Waals surface area contributed by atoms with Crippen molar-refractivity contribution in [2.45, 2.75) is 56.5 Å². The molecule has 3 rings (SSSR count). The van der Waals surface area contributed by atoms with Gasteiger partial charge in [-0.05, 0) is 25.0 Å². The zero-order valence-corrected chi connectivity index (χ0v) is 14.6. The first-order valence-corrected chi connectivity index (χ1v) is 9.19. The van der Waals surface area contributed by atoms with Crippen molar-refractivity contribution in [3.8, 4) is 0 Å². The number of amides is 2. The molecule has 0 aromatic heterocycles. The number of rotatable bonds is 6. The zero-order chi connectivity index (χ0) is 18.5. The molecule has 0 spiro atoms. The second-order valence-electron chi connectivity index (χ2n) is 7.04. The molecule has 7 nitrogen and oxygen atoms in total. The Kier molecular flexibility index (Phi) is 6.24. The molecular formula is C19H26N2O5. The molecule has 7 heteroatoms. The number of ether oxygens (including phenoxy) is 1. The van der Waals surface area contributed by atoms with E-state index in [1.54, 1.807) is 12.1 Å². The van der Waals surface area contributed by atoms with Crippen molar-refractivity contribution in [3.63, 3.8) is 0 Å². The lowest BCUT2D eigenvalue weighted by Crippen LogP contribution is -2.41. The van der Waals surface area contributed by atoms with Crippen LogP contribution in [0.4, 0.5) is 5.69 Å². The Labute approximate surface area is 152 Å². The molecule has 4 unspecified atom stereocenters. The van der Waals surface area contributed by atoms with Gasteiger partial charge >= 0.3 is 0 Å². The van der Waals surface area contributed by atoms with Gasteiger partial charge in [0.15, 0.2) is 0 Å². The first-order valence-electron chi connectivity index (χ1n) is 9.19. The average Bonchev–Trinajstić information content (AvgIpc) is 3.26. The van der Waals surface area contributed by atoms with Crippen LogP contribution in [0, 0.1) is 5.92 Å². The van der Waals surface area contributed by atoms with Crippen molar-refractivity contribution in [3.05, 3.63) is 30.3 Å². The second kappa shape index (κ2) is 8.62. The molecule has 1 heterocycles. The van der Waals surface area contributed by atoms with Crippen LogP contribution in [0.25, 0.3) is 0 Å². The van der Waals surface area contributed by atoms with Gasteiger partial charge in [-0.3, -0.25) is 9.59 Å². The predicted octanol–water partition coefficient (Wildman–Crippen LogP) is 0.811. The fraction of sp³-hybridized carbons (Fsp3) is 0.579. The molecule has 0 radical (unpaired) electrons. The van der Waals surface area contributed by atoms with Crippen molar-refractivity contribution >= 4 is 17.5 Å². The first kappa shape index (κ1) is 18.8. The molecule has 1 aliphatic carbocycles. The average molecular weight is 362 g/mol. The smallest absolute Gasteiger partial charge is 0.227 e. The highest BCUT2D eigenvalue weighted by atomic mass is 16.5. The molecule has 0 bridgehead atoms. The summed E-state index contributed by atoms with van der Waals surface area (Å²) in [6.45, 7) is 0.129. The highest BCUT2D eigenvalue weighted by Crippen LogP contribution is 2.26. The van der Waals surface area contributed by atoms with E-state index in [9.17, 15) is 19.8 Å². The molecular weight excluding hydrogens is 336 g/mol. The van der Waals surface area contributed by atoms with Crippen LogP contribution in [-0.2, 0) is 14.3 Å². The van der Waals surface area contributed by atoms with Crippen LogP contribution >= 0.6 is 0 Å². The van der Waals surface area contributed by atoms with Crippen molar-refractivity contribution < 1.29 is 24.5 Å². The Bertz CT molecular complexity index is 618. The summed E-state index contributed by atoms with van der Waals surface area (Å²) < 4.78 is 5.63. The van der Waals surface area contributed by atoms with Crippen molar-refractivity contribution in [1.29, 1.82) is 0 Å². The normalized spacial score (nSPS) is 28.8. The number of hydrogen-bond acceptors (Lipinski definition) is 5. The second-order valence-corrected chi connectivity index (χ2v) is 7.04. The number of aliphatic hydroxyl groups is 2. The Morgan fingerprint density at radius 1 is 1.04 bits per heavy atom. The van der Waals surface area contributed by atoms with E-state index >= 15 is 0 Å². The quantitative estimate of drug-likeness (QED) is 0.599. The maximum absolute atomic E-state index is 12.1.